The van der Waals surface area contributed by atoms with Crippen LogP contribution >= 0.6 is 0 Å². The van der Waals surface area contributed by atoms with E-state index in [2.05, 4.69) is 5.32 Å². The predicted molar refractivity (Wildman–Crippen MR) is 142 cm³/mol. The first-order chi connectivity index (χ1) is 17.1. The highest BCUT2D eigenvalue weighted by Crippen LogP contribution is 2.24. The predicted octanol–water partition coefficient (Wildman–Crippen LogP) is 4.05. The Kier molecular flexibility index (Phi) is 8.88. The number of aryl methyl sites for hydroxylation is 2. The van der Waals surface area contributed by atoms with E-state index >= 15 is 0 Å². The molecule has 1 N–H and O–H groups in total. The Balaban J connectivity index is 2.00. The summed E-state index contributed by atoms with van der Waals surface area (Å²) in [5, 5.41) is 2.76. The molecule has 0 radical (unpaired) electrons. The number of carbonyl (C=O) groups excluding carboxylic acids is 2. The van der Waals surface area contributed by atoms with Crippen LogP contribution in [0.2, 0.25) is 0 Å². The van der Waals surface area contributed by atoms with Gasteiger partial charge in [0.1, 0.15) is 12.6 Å². The lowest BCUT2D eigenvalue weighted by atomic mass is 10.1. The summed E-state index contributed by atoms with van der Waals surface area (Å²) >= 11 is 0. The van der Waals surface area contributed by atoms with Crippen molar-refractivity contribution < 1.29 is 18.0 Å². The van der Waals surface area contributed by atoms with Gasteiger partial charge in [-0.3, -0.25) is 13.9 Å². The minimum absolute atomic E-state index is 0.0896. The maximum atomic E-state index is 13.7. The number of nitrogens with one attached hydrogen (secondary N) is 1. The Labute approximate surface area is 213 Å². The maximum absolute atomic E-state index is 13.7. The van der Waals surface area contributed by atoms with Gasteiger partial charge in [0.2, 0.25) is 11.8 Å². The molecule has 0 saturated carbocycles. The Bertz CT molecular complexity index is 1290. The van der Waals surface area contributed by atoms with Crippen LogP contribution < -0.4 is 9.62 Å². The van der Waals surface area contributed by atoms with Crippen molar-refractivity contribution in [1.29, 1.82) is 0 Å². The van der Waals surface area contributed by atoms with E-state index in [9.17, 15) is 18.0 Å². The molecule has 190 valence electrons. The van der Waals surface area contributed by atoms with Gasteiger partial charge in [-0.1, -0.05) is 65.7 Å². The third-order valence-corrected chi connectivity index (χ3v) is 7.67. The van der Waals surface area contributed by atoms with Gasteiger partial charge in [-0.2, -0.15) is 0 Å². The number of benzene rings is 3. The van der Waals surface area contributed by atoms with Crippen LogP contribution in [-0.4, -0.2) is 44.3 Å². The molecule has 0 aliphatic rings. The lowest BCUT2D eigenvalue weighted by Crippen LogP contribution is -2.51. The lowest BCUT2D eigenvalue weighted by molar-refractivity contribution is -0.139. The molecule has 3 rings (SSSR count). The van der Waals surface area contributed by atoms with Crippen LogP contribution in [0.15, 0.2) is 83.8 Å². The zero-order chi connectivity index (χ0) is 26.3. The number of anilines is 1. The zero-order valence-corrected chi connectivity index (χ0v) is 22.0. The van der Waals surface area contributed by atoms with E-state index in [-0.39, 0.29) is 17.3 Å². The van der Waals surface area contributed by atoms with Crippen LogP contribution in [0.4, 0.5) is 5.69 Å². The molecule has 0 unspecified atom stereocenters. The van der Waals surface area contributed by atoms with Gasteiger partial charge in [0.05, 0.1) is 10.6 Å². The number of amides is 2. The quantitative estimate of drug-likeness (QED) is 0.449. The van der Waals surface area contributed by atoms with Gasteiger partial charge in [0.15, 0.2) is 0 Å². The van der Waals surface area contributed by atoms with E-state index in [1.807, 2.05) is 45.0 Å². The minimum atomic E-state index is -4.05. The third-order valence-electron chi connectivity index (χ3n) is 5.89. The first-order valence-corrected chi connectivity index (χ1v) is 13.3. The van der Waals surface area contributed by atoms with Crippen molar-refractivity contribution in [1.82, 2.24) is 10.2 Å². The molecule has 8 heteroatoms. The Morgan fingerprint density at radius 3 is 2.17 bits per heavy atom. The summed E-state index contributed by atoms with van der Waals surface area (Å²) in [6.07, 6.45) is 0. The van der Waals surface area contributed by atoms with Crippen LogP contribution in [0.25, 0.3) is 0 Å². The number of para-hydroxylation sites is 1. The molecule has 1 atom stereocenters. The Hall–Kier alpha value is -3.65. The van der Waals surface area contributed by atoms with E-state index in [1.54, 1.807) is 49.4 Å². The molecule has 7 nitrogen and oxygen atoms in total. The molecule has 0 fully saturated rings. The summed E-state index contributed by atoms with van der Waals surface area (Å²) < 4.78 is 28.5. The molecule has 0 saturated heterocycles. The van der Waals surface area contributed by atoms with E-state index in [0.29, 0.717) is 12.2 Å². The number of rotatable bonds is 10. The molecular formula is C28H33N3O4S. The van der Waals surface area contributed by atoms with Gasteiger partial charge in [-0.05, 0) is 57.5 Å². The Morgan fingerprint density at radius 1 is 0.889 bits per heavy atom. The monoisotopic (exact) mass is 507 g/mol. The van der Waals surface area contributed by atoms with Crippen molar-refractivity contribution in [3.8, 4) is 0 Å². The van der Waals surface area contributed by atoms with Gasteiger partial charge in [0, 0.05) is 13.1 Å². The van der Waals surface area contributed by atoms with Crippen molar-refractivity contribution in [2.45, 2.75) is 45.2 Å². The van der Waals surface area contributed by atoms with Crippen molar-refractivity contribution in [2.75, 3.05) is 17.4 Å². The second kappa shape index (κ2) is 11.9. The van der Waals surface area contributed by atoms with E-state index in [0.717, 1.165) is 21.0 Å². The molecule has 0 aliphatic carbocycles. The molecule has 0 aliphatic heterocycles. The van der Waals surface area contributed by atoms with E-state index in [4.69, 9.17) is 0 Å². The van der Waals surface area contributed by atoms with Crippen LogP contribution in [-0.2, 0) is 26.2 Å². The summed E-state index contributed by atoms with van der Waals surface area (Å²) in [7, 11) is -4.05. The van der Waals surface area contributed by atoms with E-state index in [1.165, 1.54) is 17.0 Å². The van der Waals surface area contributed by atoms with Crippen molar-refractivity contribution in [3.05, 3.63) is 95.6 Å². The first-order valence-electron chi connectivity index (χ1n) is 11.9. The molecule has 0 spiro atoms. The summed E-state index contributed by atoms with van der Waals surface area (Å²) in [5.41, 5.74) is 3.18. The fourth-order valence-corrected chi connectivity index (χ4v) is 5.29. The number of hydrogen-bond donors (Lipinski definition) is 1. The van der Waals surface area contributed by atoms with Crippen LogP contribution in [0.1, 0.15) is 30.5 Å². The average Bonchev–Trinajstić information content (AvgIpc) is 2.86. The number of nitrogens with zero attached hydrogens (tertiary/aromatic N) is 2. The van der Waals surface area contributed by atoms with E-state index < -0.39 is 28.5 Å². The molecule has 2 amide bonds. The highest BCUT2D eigenvalue weighted by molar-refractivity contribution is 7.92. The van der Waals surface area contributed by atoms with Gasteiger partial charge >= 0.3 is 0 Å². The molecule has 0 bridgehead atoms. The average molecular weight is 508 g/mol. The molecule has 3 aromatic carbocycles. The van der Waals surface area contributed by atoms with Crippen LogP contribution in [0, 0.1) is 13.8 Å². The number of likely N-dealkylation sites (N-methyl/N-ethyl adjacent to an activating group) is 1. The SMILES string of the molecule is CCNC(=O)[C@H](C)N(Cc1cccc(C)c1)C(=O)CN(c1ccccc1)S(=O)(=O)c1ccc(C)cc1. The normalized spacial score (nSPS) is 12.0. The molecular weight excluding hydrogens is 474 g/mol. The smallest absolute Gasteiger partial charge is 0.264 e. The van der Waals surface area contributed by atoms with Gasteiger partial charge in [-0.25, -0.2) is 8.42 Å². The number of carbonyl (C=O) groups is 2. The highest BCUT2D eigenvalue weighted by Gasteiger charge is 2.32. The Morgan fingerprint density at radius 2 is 1.56 bits per heavy atom. The zero-order valence-electron chi connectivity index (χ0n) is 21.1. The highest BCUT2D eigenvalue weighted by atomic mass is 32.2. The summed E-state index contributed by atoms with van der Waals surface area (Å²) in [6, 6.07) is 21.9. The fraction of sp³-hybridized carbons (Fsp3) is 0.286. The van der Waals surface area contributed by atoms with Crippen molar-refractivity contribution >= 4 is 27.5 Å². The van der Waals surface area contributed by atoms with Gasteiger partial charge in [0.25, 0.3) is 10.0 Å². The topological polar surface area (TPSA) is 86.8 Å². The minimum Gasteiger partial charge on any atom is -0.355 e. The molecule has 3 aromatic rings. The third kappa shape index (κ3) is 6.51. The number of hydrogen-bond acceptors (Lipinski definition) is 4. The molecule has 0 aromatic heterocycles. The summed E-state index contributed by atoms with van der Waals surface area (Å²) in [6.45, 7) is 7.44. The molecule has 0 heterocycles. The lowest BCUT2D eigenvalue weighted by Gasteiger charge is -2.32. The first kappa shape index (κ1) is 26.9. The second-order valence-corrected chi connectivity index (χ2v) is 10.6. The fourth-order valence-electron chi connectivity index (χ4n) is 3.87. The van der Waals surface area contributed by atoms with Gasteiger partial charge in [-0.15, -0.1) is 0 Å². The largest absolute Gasteiger partial charge is 0.355 e. The van der Waals surface area contributed by atoms with Crippen molar-refractivity contribution in [3.63, 3.8) is 0 Å². The summed E-state index contributed by atoms with van der Waals surface area (Å²) in [5.74, 6) is -0.777. The molecule has 36 heavy (non-hydrogen) atoms. The van der Waals surface area contributed by atoms with Crippen molar-refractivity contribution in [2.24, 2.45) is 0 Å². The maximum Gasteiger partial charge on any atom is 0.264 e. The number of sulfonamides is 1. The van der Waals surface area contributed by atoms with Crippen LogP contribution in [0.3, 0.4) is 0 Å². The summed E-state index contributed by atoms with van der Waals surface area (Å²) in [4.78, 5) is 28.0. The second-order valence-electron chi connectivity index (χ2n) is 8.74. The standard InChI is InChI=1S/C28H33N3O4S/c1-5-29-28(33)23(4)30(19-24-11-9-10-22(3)18-24)27(32)20-31(25-12-7-6-8-13-25)36(34,35)26-16-14-21(2)15-17-26/h6-18,23H,5,19-20H2,1-4H3,(H,29,33)/t23-/m0/s1. The van der Waals surface area contributed by atoms with Gasteiger partial charge < -0.3 is 10.2 Å². The van der Waals surface area contributed by atoms with Crippen LogP contribution in [0.5, 0.6) is 0 Å².